The van der Waals surface area contributed by atoms with Crippen LogP contribution in [0, 0.1) is 5.92 Å². The topological polar surface area (TPSA) is 52.3 Å². The molecule has 0 bridgehead atoms. The van der Waals surface area contributed by atoms with Crippen molar-refractivity contribution in [2.75, 3.05) is 13.3 Å². The highest BCUT2D eigenvalue weighted by Gasteiger charge is 2.23. The highest BCUT2D eigenvalue weighted by molar-refractivity contribution is 7.66. The van der Waals surface area contributed by atoms with Gasteiger partial charge in [-0.2, -0.15) is 0 Å². The lowest BCUT2D eigenvalue weighted by atomic mass is 9.81. The van der Waals surface area contributed by atoms with Gasteiger partial charge in [0.05, 0.1) is 6.61 Å². The van der Waals surface area contributed by atoms with Gasteiger partial charge in [-0.3, -0.25) is 4.57 Å². The summed E-state index contributed by atoms with van der Waals surface area (Å²) in [6.07, 6.45) is 6.40. The summed E-state index contributed by atoms with van der Waals surface area (Å²) in [6, 6.07) is 7.96. The third-order valence-corrected chi connectivity index (χ3v) is 6.27. The standard InChI is InChI=1S/C16H26NO2P.ClH/c1-3-19-20(2,18)15-11-9-14(10-12-15)16(17)13-7-5-4-6-8-13;/h9-13,16H,3-8,17H2,1-2H3;1H/t16-,20?;/m0./s1. The number of hydrogen-bond acceptors (Lipinski definition) is 3. The van der Waals surface area contributed by atoms with E-state index in [2.05, 4.69) is 0 Å². The second-order valence-electron chi connectivity index (χ2n) is 5.78. The predicted octanol–water partition coefficient (Wildman–Crippen LogP) is 4.26. The summed E-state index contributed by atoms with van der Waals surface area (Å²) in [5.74, 6) is 0.593. The van der Waals surface area contributed by atoms with Crippen molar-refractivity contribution in [3.63, 3.8) is 0 Å². The number of hydrogen-bond donors (Lipinski definition) is 1. The molecule has 1 aromatic rings. The lowest BCUT2D eigenvalue weighted by molar-refractivity contribution is 0.308. The van der Waals surface area contributed by atoms with Gasteiger partial charge < -0.3 is 10.3 Å². The Morgan fingerprint density at radius 1 is 1.24 bits per heavy atom. The number of nitrogens with two attached hydrogens (primary N) is 1. The van der Waals surface area contributed by atoms with Gasteiger partial charge >= 0.3 is 0 Å². The molecule has 1 unspecified atom stereocenters. The first-order chi connectivity index (χ1) is 9.54. The molecule has 0 heterocycles. The first-order valence-electron chi connectivity index (χ1n) is 7.62. The molecular weight excluding hydrogens is 305 g/mol. The van der Waals surface area contributed by atoms with Crippen molar-refractivity contribution in [1.82, 2.24) is 0 Å². The summed E-state index contributed by atoms with van der Waals surface area (Å²) in [6.45, 7) is 4.01. The van der Waals surface area contributed by atoms with Gasteiger partial charge in [0, 0.05) is 18.0 Å². The fourth-order valence-electron chi connectivity index (χ4n) is 3.05. The van der Waals surface area contributed by atoms with Crippen molar-refractivity contribution in [1.29, 1.82) is 0 Å². The van der Waals surface area contributed by atoms with Crippen LogP contribution in [0.3, 0.4) is 0 Å². The molecule has 1 saturated carbocycles. The van der Waals surface area contributed by atoms with E-state index in [1.165, 1.54) is 32.1 Å². The van der Waals surface area contributed by atoms with Gasteiger partial charge in [-0.15, -0.1) is 12.4 Å². The molecule has 0 spiro atoms. The van der Waals surface area contributed by atoms with Crippen molar-refractivity contribution >= 4 is 25.1 Å². The van der Waals surface area contributed by atoms with Gasteiger partial charge in [-0.25, -0.2) is 0 Å². The quantitative estimate of drug-likeness (QED) is 0.820. The zero-order valence-electron chi connectivity index (χ0n) is 13.0. The maximum absolute atomic E-state index is 12.3. The third-order valence-electron chi connectivity index (χ3n) is 4.28. The zero-order chi connectivity index (χ0) is 14.6. The van der Waals surface area contributed by atoms with Crippen LogP contribution in [0.4, 0.5) is 0 Å². The molecule has 0 aliphatic heterocycles. The Balaban J connectivity index is 0.00000220. The van der Waals surface area contributed by atoms with E-state index in [0.29, 0.717) is 12.5 Å². The van der Waals surface area contributed by atoms with Gasteiger partial charge in [0.2, 0.25) is 7.37 Å². The Labute approximate surface area is 134 Å². The fourth-order valence-corrected chi connectivity index (χ4v) is 4.39. The number of halogens is 1. The molecule has 0 saturated heterocycles. The molecule has 1 aromatic carbocycles. The molecule has 0 radical (unpaired) electrons. The van der Waals surface area contributed by atoms with Crippen molar-refractivity contribution < 1.29 is 9.09 Å². The molecule has 21 heavy (non-hydrogen) atoms. The summed E-state index contributed by atoms with van der Waals surface area (Å²) in [5, 5.41) is 0.777. The Morgan fingerprint density at radius 2 is 1.81 bits per heavy atom. The Morgan fingerprint density at radius 3 is 2.33 bits per heavy atom. The van der Waals surface area contributed by atoms with Crippen LogP contribution in [0.15, 0.2) is 24.3 Å². The summed E-state index contributed by atoms with van der Waals surface area (Å²) >= 11 is 0. The molecule has 1 fully saturated rings. The van der Waals surface area contributed by atoms with Crippen LogP contribution >= 0.6 is 19.8 Å². The van der Waals surface area contributed by atoms with E-state index in [1.54, 1.807) is 6.66 Å². The summed E-state index contributed by atoms with van der Waals surface area (Å²) in [4.78, 5) is 0. The van der Waals surface area contributed by atoms with E-state index in [1.807, 2.05) is 31.2 Å². The van der Waals surface area contributed by atoms with Gasteiger partial charge in [0.25, 0.3) is 0 Å². The molecule has 1 aliphatic rings. The second-order valence-corrected chi connectivity index (χ2v) is 8.25. The van der Waals surface area contributed by atoms with E-state index in [9.17, 15) is 4.57 Å². The Kier molecular flexibility index (Phi) is 7.42. The minimum absolute atomic E-state index is 0. The van der Waals surface area contributed by atoms with Crippen molar-refractivity contribution in [3.8, 4) is 0 Å². The highest BCUT2D eigenvalue weighted by atomic mass is 35.5. The smallest absolute Gasteiger partial charge is 0.229 e. The molecule has 2 rings (SSSR count). The normalized spacial score (nSPS) is 20.3. The lowest BCUT2D eigenvalue weighted by Crippen LogP contribution is -2.23. The highest BCUT2D eigenvalue weighted by Crippen LogP contribution is 2.41. The molecule has 120 valence electrons. The van der Waals surface area contributed by atoms with Crippen molar-refractivity contribution in [2.45, 2.75) is 45.1 Å². The molecule has 3 nitrogen and oxygen atoms in total. The van der Waals surface area contributed by atoms with E-state index in [-0.39, 0.29) is 18.4 Å². The van der Waals surface area contributed by atoms with Crippen LogP contribution in [0.2, 0.25) is 0 Å². The fraction of sp³-hybridized carbons (Fsp3) is 0.625. The van der Waals surface area contributed by atoms with E-state index < -0.39 is 7.37 Å². The largest absolute Gasteiger partial charge is 0.326 e. The van der Waals surface area contributed by atoms with Crippen LogP contribution in [0.1, 0.15) is 50.6 Å². The SMILES string of the molecule is CCOP(C)(=O)c1ccc([C@@H](N)C2CCCCC2)cc1.Cl. The molecule has 0 aromatic heterocycles. The maximum atomic E-state index is 12.3. The second kappa shape index (κ2) is 8.33. The molecular formula is C16H27ClNO2P. The van der Waals surface area contributed by atoms with Gasteiger partial charge in [-0.05, 0) is 43.4 Å². The average molecular weight is 332 g/mol. The predicted molar refractivity (Wildman–Crippen MR) is 92.0 cm³/mol. The average Bonchev–Trinajstić information content (AvgIpc) is 2.47. The molecule has 2 atom stereocenters. The Bertz CT molecular complexity index is 472. The van der Waals surface area contributed by atoms with Crippen LogP contribution in [-0.4, -0.2) is 13.3 Å². The minimum atomic E-state index is -2.67. The molecule has 1 aliphatic carbocycles. The van der Waals surface area contributed by atoms with Gasteiger partial charge in [0.15, 0.2) is 0 Å². The van der Waals surface area contributed by atoms with Gasteiger partial charge in [0.1, 0.15) is 0 Å². The first kappa shape index (κ1) is 18.7. The van der Waals surface area contributed by atoms with E-state index in [4.69, 9.17) is 10.3 Å². The van der Waals surface area contributed by atoms with Crippen molar-refractivity contribution in [3.05, 3.63) is 29.8 Å². The van der Waals surface area contributed by atoms with Crippen LogP contribution in [0.25, 0.3) is 0 Å². The zero-order valence-corrected chi connectivity index (χ0v) is 14.7. The summed E-state index contributed by atoms with van der Waals surface area (Å²) in [7, 11) is -2.67. The first-order valence-corrected chi connectivity index (χ1v) is 9.70. The summed E-state index contributed by atoms with van der Waals surface area (Å²) in [5.41, 5.74) is 7.54. The molecule has 0 amide bonds. The maximum Gasteiger partial charge on any atom is 0.229 e. The third kappa shape index (κ3) is 4.82. The Hall–Kier alpha value is -0.340. The lowest BCUT2D eigenvalue weighted by Gasteiger charge is -2.28. The molecule has 5 heteroatoms. The number of benzene rings is 1. The number of rotatable bonds is 5. The van der Waals surface area contributed by atoms with Crippen molar-refractivity contribution in [2.24, 2.45) is 11.7 Å². The summed E-state index contributed by atoms with van der Waals surface area (Å²) < 4.78 is 17.7. The van der Waals surface area contributed by atoms with Crippen LogP contribution in [0.5, 0.6) is 0 Å². The van der Waals surface area contributed by atoms with E-state index in [0.717, 1.165) is 10.9 Å². The monoisotopic (exact) mass is 331 g/mol. The van der Waals surface area contributed by atoms with Gasteiger partial charge in [-0.1, -0.05) is 31.4 Å². The van der Waals surface area contributed by atoms with Crippen LogP contribution in [-0.2, 0) is 9.09 Å². The van der Waals surface area contributed by atoms with Crippen LogP contribution < -0.4 is 11.0 Å². The molecule has 2 N–H and O–H groups in total. The van der Waals surface area contributed by atoms with E-state index >= 15 is 0 Å². The minimum Gasteiger partial charge on any atom is -0.326 e.